The van der Waals surface area contributed by atoms with Crippen molar-refractivity contribution in [2.24, 2.45) is 7.05 Å². The van der Waals surface area contributed by atoms with E-state index in [1.165, 1.54) is 38.5 Å². The molecule has 0 atom stereocenters. The molecule has 4 aromatic rings. The highest BCUT2D eigenvalue weighted by Gasteiger charge is 2.18. The van der Waals surface area contributed by atoms with E-state index in [4.69, 9.17) is 4.98 Å². The third-order valence-electron chi connectivity index (χ3n) is 6.56. The topological polar surface area (TPSA) is 17.8 Å². The summed E-state index contributed by atoms with van der Waals surface area (Å²) in [6.45, 7) is 20.0. The van der Waals surface area contributed by atoms with Gasteiger partial charge in [-0.1, -0.05) is 111 Å². The minimum absolute atomic E-state index is 0.140. The molecule has 0 aliphatic rings. The third-order valence-corrected chi connectivity index (χ3v) is 7.83. The van der Waals surface area contributed by atoms with Crippen LogP contribution in [0, 0.1) is 0 Å². The number of benzene rings is 2. The monoisotopic (exact) mass is 500 g/mol. The quantitative estimate of drug-likeness (QED) is 0.266. The normalized spacial score (nSPS) is 11.8. The molecule has 0 saturated carbocycles. The van der Waals surface area contributed by atoms with E-state index in [-0.39, 0.29) is 5.41 Å². The molecule has 36 heavy (non-hydrogen) atoms. The minimum Gasteiger partial charge on any atom is -0.354 e. The Kier molecular flexibility index (Phi) is 9.00. The van der Waals surface area contributed by atoms with Gasteiger partial charge < -0.3 is 4.57 Å². The molecule has 2 aromatic heterocycles. The van der Waals surface area contributed by atoms with Crippen LogP contribution in [0.4, 0.5) is 0 Å². The van der Waals surface area contributed by atoms with E-state index >= 15 is 0 Å². The standard InChI is InChI=1S/C17H23N.C16H21NS/c1-12(2)14-6-8-15(9-7-14)16-10-17(13(3)4)18(5)11-16;1-11(2)12-6-8-13(9-7-12)14-10-18-15(17-14)16(3,4)5/h6-13H,1-5H3;6-11H,1-5H3. The molecule has 0 aliphatic heterocycles. The van der Waals surface area contributed by atoms with E-state index in [0.29, 0.717) is 17.8 Å². The van der Waals surface area contributed by atoms with Crippen LogP contribution in [0.25, 0.3) is 22.4 Å². The molecule has 0 amide bonds. The molecule has 0 radical (unpaired) electrons. The van der Waals surface area contributed by atoms with Crippen LogP contribution in [0.15, 0.2) is 66.2 Å². The van der Waals surface area contributed by atoms with E-state index in [9.17, 15) is 0 Å². The zero-order chi connectivity index (χ0) is 26.6. The van der Waals surface area contributed by atoms with E-state index in [2.05, 4.69) is 140 Å². The highest BCUT2D eigenvalue weighted by Crippen LogP contribution is 2.30. The maximum absolute atomic E-state index is 4.74. The van der Waals surface area contributed by atoms with Crippen LogP contribution in [-0.2, 0) is 12.5 Å². The Morgan fingerprint density at radius 2 is 1.19 bits per heavy atom. The van der Waals surface area contributed by atoms with Crippen LogP contribution in [-0.4, -0.2) is 9.55 Å². The molecular formula is C33H44N2S. The van der Waals surface area contributed by atoms with Gasteiger partial charge in [0.2, 0.25) is 0 Å². The highest BCUT2D eigenvalue weighted by molar-refractivity contribution is 7.10. The van der Waals surface area contributed by atoms with Gasteiger partial charge in [0.05, 0.1) is 10.7 Å². The molecule has 0 aliphatic carbocycles. The molecule has 0 N–H and O–H groups in total. The average molecular weight is 501 g/mol. The lowest BCUT2D eigenvalue weighted by atomic mass is 9.98. The molecular weight excluding hydrogens is 456 g/mol. The van der Waals surface area contributed by atoms with Crippen molar-refractivity contribution in [1.82, 2.24) is 9.55 Å². The van der Waals surface area contributed by atoms with Gasteiger partial charge in [-0.15, -0.1) is 11.3 Å². The zero-order valence-corrected chi connectivity index (χ0v) is 24.7. The van der Waals surface area contributed by atoms with Crippen molar-refractivity contribution in [3.63, 3.8) is 0 Å². The molecule has 2 nitrogen and oxygen atoms in total. The summed E-state index contributed by atoms with van der Waals surface area (Å²) in [6, 6.07) is 20.0. The SMILES string of the molecule is CC(C)c1ccc(-c2cc(C(C)C)n(C)c2)cc1.CC(C)c1ccc(-c2csc(C(C)(C)C)n2)cc1. The van der Waals surface area contributed by atoms with Gasteiger partial charge >= 0.3 is 0 Å². The Morgan fingerprint density at radius 3 is 1.58 bits per heavy atom. The first-order valence-corrected chi connectivity index (χ1v) is 14.1. The van der Waals surface area contributed by atoms with Crippen molar-refractivity contribution in [3.05, 3.63) is 88.0 Å². The number of aromatic nitrogens is 2. The molecule has 3 heteroatoms. The predicted octanol–water partition coefficient (Wildman–Crippen LogP) is 10.2. The summed E-state index contributed by atoms with van der Waals surface area (Å²) in [5.74, 6) is 1.75. The Balaban J connectivity index is 0.000000201. The Hall–Kier alpha value is -2.65. The second-order valence-electron chi connectivity index (χ2n) is 11.8. The average Bonchev–Trinajstić information content (AvgIpc) is 3.47. The highest BCUT2D eigenvalue weighted by atomic mass is 32.1. The largest absolute Gasteiger partial charge is 0.354 e. The fourth-order valence-electron chi connectivity index (χ4n) is 4.16. The fraction of sp³-hybridized carbons (Fsp3) is 0.424. The number of hydrogen-bond acceptors (Lipinski definition) is 2. The number of aryl methyl sites for hydroxylation is 1. The number of thiazole rings is 1. The van der Waals surface area contributed by atoms with Gasteiger partial charge in [-0.25, -0.2) is 4.98 Å². The third kappa shape index (κ3) is 6.97. The number of rotatable bonds is 5. The van der Waals surface area contributed by atoms with Crippen LogP contribution in [0.3, 0.4) is 0 Å². The van der Waals surface area contributed by atoms with Crippen molar-refractivity contribution in [3.8, 4) is 22.4 Å². The van der Waals surface area contributed by atoms with Crippen molar-refractivity contribution in [2.45, 2.75) is 85.5 Å². The van der Waals surface area contributed by atoms with Crippen LogP contribution < -0.4 is 0 Å². The van der Waals surface area contributed by atoms with Gasteiger partial charge in [-0.3, -0.25) is 0 Å². The first-order valence-electron chi connectivity index (χ1n) is 13.2. The van der Waals surface area contributed by atoms with Gasteiger partial charge in [-0.05, 0) is 46.1 Å². The molecule has 0 bridgehead atoms. The molecule has 192 valence electrons. The van der Waals surface area contributed by atoms with Crippen molar-refractivity contribution < 1.29 is 0 Å². The van der Waals surface area contributed by atoms with Crippen LogP contribution >= 0.6 is 11.3 Å². The summed E-state index contributed by atoms with van der Waals surface area (Å²) >= 11 is 1.75. The van der Waals surface area contributed by atoms with Gasteiger partial charge in [0.15, 0.2) is 0 Å². The summed E-state index contributed by atoms with van der Waals surface area (Å²) in [7, 11) is 2.13. The molecule has 0 unspecified atom stereocenters. The summed E-state index contributed by atoms with van der Waals surface area (Å²) in [6.07, 6.45) is 2.22. The fourth-order valence-corrected chi connectivity index (χ4v) is 5.08. The maximum atomic E-state index is 4.74. The van der Waals surface area contributed by atoms with Crippen molar-refractivity contribution >= 4 is 11.3 Å². The molecule has 0 saturated heterocycles. The lowest BCUT2D eigenvalue weighted by Gasteiger charge is -2.13. The molecule has 4 rings (SSSR count). The molecule has 0 spiro atoms. The molecule has 2 aromatic carbocycles. The maximum Gasteiger partial charge on any atom is 0.0986 e. The summed E-state index contributed by atoms with van der Waals surface area (Å²) in [5, 5.41) is 3.36. The second-order valence-corrected chi connectivity index (χ2v) is 12.6. The first kappa shape index (κ1) is 27.9. The lowest BCUT2D eigenvalue weighted by molar-refractivity contribution is 0.586. The lowest BCUT2D eigenvalue weighted by Crippen LogP contribution is -2.10. The Labute approximate surface area is 223 Å². The van der Waals surface area contributed by atoms with Crippen LogP contribution in [0.1, 0.15) is 102 Å². The van der Waals surface area contributed by atoms with Crippen LogP contribution in [0.2, 0.25) is 0 Å². The second kappa shape index (κ2) is 11.6. The van der Waals surface area contributed by atoms with Crippen LogP contribution in [0.5, 0.6) is 0 Å². The Morgan fingerprint density at radius 1 is 0.694 bits per heavy atom. The minimum atomic E-state index is 0.140. The van der Waals surface area contributed by atoms with Gasteiger partial charge in [0.1, 0.15) is 0 Å². The van der Waals surface area contributed by atoms with E-state index < -0.39 is 0 Å². The molecule has 0 fully saturated rings. The number of hydrogen-bond donors (Lipinski definition) is 0. The van der Waals surface area contributed by atoms with Gasteiger partial charge in [-0.2, -0.15) is 0 Å². The van der Waals surface area contributed by atoms with E-state index in [1.54, 1.807) is 11.3 Å². The number of nitrogens with zero attached hydrogens (tertiary/aromatic N) is 2. The summed E-state index contributed by atoms with van der Waals surface area (Å²) < 4.78 is 2.23. The zero-order valence-electron chi connectivity index (χ0n) is 23.9. The molecule has 2 heterocycles. The summed E-state index contributed by atoms with van der Waals surface area (Å²) in [4.78, 5) is 4.74. The predicted molar refractivity (Wildman–Crippen MR) is 159 cm³/mol. The Bertz CT molecular complexity index is 1230. The smallest absolute Gasteiger partial charge is 0.0986 e. The van der Waals surface area contributed by atoms with Gasteiger partial charge in [0, 0.05) is 35.3 Å². The van der Waals surface area contributed by atoms with E-state index in [1.807, 2.05) is 0 Å². The van der Waals surface area contributed by atoms with Crippen molar-refractivity contribution in [1.29, 1.82) is 0 Å². The summed E-state index contributed by atoms with van der Waals surface area (Å²) in [5.41, 5.74) is 9.24. The van der Waals surface area contributed by atoms with Gasteiger partial charge in [0.25, 0.3) is 0 Å². The first-order chi connectivity index (χ1) is 16.9. The van der Waals surface area contributed by atoms with Crippen molar-refractivity contribution in [2.75, 3.05) is 0 Å². The van der Waals surface area contributed by atoms with E-state index in [0.717, 1.165) is 5.69 Å².